The van der Waals surface area contributed by atoms with Gasteiger partial charge < -0.3 is 15.3 Å². The van der Waals surface area contributed by atoms with Gasteiger partial charge in [0.05, 0.1) is 5.25 Å². The number of aliphatic hydroxyl groups is 2. The van der Waals surface area contributed by atoms with E-state index in [0.29, 0.717) is 42.1 Å². The first kappa shape index (κ1) is 22.8. The number of ketones is 1. The molecule has 1 fully saturated rings. The van der Waals surface area contributed by atoms with Crippen LogP contribution in [0.25, 0.3) is 0 Å². The quantitative estimate of drug-likeness (QED) is 0.307. The lowest BCUT2D eigenvalue weighted by Crippen LogP contribution is -2.34. The van der Waals surface area contributed by atoms with Crippen molar-refractivity contribution in [2.45, 2.75) is 81.5 Å². The van der Waals surface area contributed by atoms with Crippen molar-refractivity contribution in [1.29, 1.82) is 0 Å². The summed E-state index contributed by atoms with van der Waals surface area (Å²) in [6.45, 7) is 2.22. The molecule has 0 aromatic rings. The van der Waals surface area contributed by atoms with Crippen LogP contribution in [-0.4, -0.2) is 48.9 Å². The van der Waals surface area contributed by atoms with Crippen LogP contribution in [0.1, 0.15) is 71.1 Å². The lowest BCUT2D eigenvalue weighted by Gasteiger charge is -2.18. The van der Waals surface area contributed by atoms with Crippen LogP contribution >= 0.6 is 23.5 Å². The lowest BCUT2D eigenvalue weighted by molar-refractivity contribution is -0.174. The Morgan fingerprint density at radius 3 is 2.48 bits per heavy atom. The zero-order chi connectivity index (χ0) is 18.7. The Labute approximate surface area is 159 Å². The maximum Gasteiger partial charge on any atom is 0.375 e. The maximum absolute atomic E-state index is 12.1. The number of Topliss-reactive ketones (excluding diaryl/α,β-unsaturated/α-hetero) is 1. The van der Waals surface area contributed by atoms with Crippen molar-refractivity contribution in [2.24, 2.45) is 5.92 Å². The molecule has 7 heteroatoms. The fourth-order valence-corrected chi connectivity index (χ4v) is 5.43. The molecule has 1 aliphatic rings. The van der Waals surface area contributed by atoms with Gasteiger partial charge in [0.15, 0.2) is 0 Å². The van der Waals surface area contributed by atoms with Gasteiger partial charge in [-0.25, -0.2) is 4.79 Å². The third kappa shape index (κ3) is 8.80. The number of aliphatic carboxylic acids is 1. The van der Waals surface area contributed by atoms with Crippen molar-refractivity contribution < 1.29 is 24.9 Å². The van der Waals surface area contributed by atoms with E-state index >= 15 is 0 Å². The molecule has 2 atom stereocenters. The molecule has 0 spiro atoms. The number of carboxylic acids is 1. The summed E-state index contributed by atoms with van der Waals surface area (Å²) in [5, 5.41) is 24.4. The van der Waals surface area contributed by atoms with E-state index in [1.165, 1.54) is 38.5 Å². The van der Waals surface area contributed by atoms with Gasteiger partial charge in [-0.1, -0.05) is 57.2 Å². The van der Waals surface area contributed by atoms with E-state index in [1.54, 1.807) is 11.8 Å². The van der Waals surface area contributed by atoms with E-state index in [1.807, 2.05) is 0 Å². The van der Waals surface area contributed by atoms with Crippen LogP contribution in [0.5, 0.6) is 0 Å². The molecule has 0 unspecified atom stereocenters. The Kier molecular flexibility index (Phi) is 11.1. The van der Waals surface area contributed by atoms with Gasteiger partial charge in [0.1, 0.15) is 5.78 Å². The first-order valence-corrected chi connectivity index (χ1v) is 11.4. The Balaban J connectivity index is 2.19. The fourth-order valence-electron chi connectivity index (χ4n) is 3.14. The van der Waals surface area contributed by atoms with Gasteiger partial charge in [-0.15, -0.1) is 0 Å². The van der Waals surface area contributed by atoms with Crippen molar-refractivity contribution in [3.05, 3.63) is 0 Å². The third-order valence-electron chi connectivity index (χ3n) is 4.60. The minimum absolute atomic E-state index is 0.0770. The van der Waals surface area contributed by atoms with E-state index in [9.17, 15) is 19.8 Å². The second-order valence-corrected chi connectivity index (χ2v) is 9.24. The van der Waals surface area contributed by atoms with Gasteiger partial charge in [-0.05, 0) is 36.7 Å². The Bertz CT molecular complexity index is 414. The number of carbonyl (C=O) groups is 2. The van der Waals surface area contributed by atoms with E-state index in [0.717, 1.165) is 18.6 Å². The van der Waals surface area contributed by atoms with Crippen molar-refractivity contribution in [2.75, 3.05) is 11.5 Å². The minimum Gasteiger partial charge on any atom is -0.477 e. The predicted molar refractivity (Wildman–Crippen MR) is 104 cm³/mol. The molecule has 1 saturated carbocycles. The number of carbonyl (C=O) groups excluding carboxylic acids is 1. The molecule has 3 N–H and O–H groups in total. The largest absolute Gasteiger partial charge is 0.477 e. The average molecular weight is 393 g/mol. The van der Waals surface area contributed by atoms with Gasteiger partial charge in [-0.2, -0.15) is 11.8 Å². The third-order valence-corrected chi connectivity index (χ3v) is 7.20. The Morgan fingerprint density at radius 1 is 1.12 bits per heavy atom. The molecule has 1 aliphatic carbocycles. The second kappa shape index (κ2) is 12.2. The highest BCUT2D eigenvalue weighted by molar-refractivity contribution is 8.01. The number of unbranched alkanes of at least 4 members (excludes halogenated alkanes) is 5. The predicted octanol–water partition coefficient (Wildman–Crippen LogP) is 3.66. The summed E-state index contributed by atoms with van der Waals surface area (Å²) in [7, 11) is 0. The van der Waals surface area contributed by atoms with E-state index in [-0.39, 0.29) is 5.25 Å². The first-order chi connectivity index (χ1) is 11.9. The molecule has 0 bridgehead atoms. The SMILES string of the molecule is CCCCCCCC[C@H]1CCC(=O)[C@@H]1SCCCSC(O)(O)C(=O)O. The number of hydrogen-bond acceptors (Lipinski definition) is 6. The van der Waals surface area contributed by atoms with E-state index in [2.05, 4.69) is 6.92 Å². The van der Waals surface area contributed by atoms with Crippen molar-refractivity contribution in [3.8, 4) is 0 Å². The smallest absolute Gasteiger partial charge is 0.375 e. The zero-order valence-electron chi connectivity index (χ0n) is 15.1. The summed E-state index contributed by atoms with van der Waals surface area (Å²) in [4.78, 5) is 22.7. The van der Waals surface area contributed by atoms with Crippen LogP contribution in [0.2, 0.25) is 0 Å². The van der Waals surface area contributed by atoms with Crippen molar-refractivity contribution in [1.82, 2.24) is 0 Å². The summed E-state index contributed by atoms with van der Waals surface area (Å²) in [6.07, 6.45) is 11.1. The van der Waals surface area contributed by atoms with Crippen LogP contribution < -0.4 is 0 Å². The number of hydrogen-bond donors (Lipinski definition) is 3. The molecule has 0 saturated heterocycles. The summed E-state index contributed by atoms with van der Waals surface area (Å²) in [6, 6.07) is 0. The van der Waals surface area contributed by atoms with Gasteiger partial charge in [0.2, 0.25) is 0 Å². The van der Waals surface area contributed by atoms with Crippen molar-refractivity contribution >= 4 is 35.3 Å². The highest BCUT2D eigenvalue weighted by atomic mass is 32.2. The van der Waals surface area contributed by atoms with Crippen LogP contribution in [-0.2, 0) is 9.59 Å². The second-order valence-electron chi connectivity index (χ2n) is 6.73. The average Bonchev–Trinajstić information content (AvgIpc) is 2.90. The molecule has 0 amide bonds. The van der Waals surface area contributed by atoms with Crippen LogP contribution in [0.3, 0.4) is 0 Å². The molecular weight excluding hydrogens is 360 g/mol. The van der Waals surface area contributed by atoms with Crippen LogP contribution in [0, 0.1) is 5.92 Å². The highest BCUT2D eigenvalue weighted by Crippen LogP contribution is 2.36. The molecule has 0 aromatic heterocycles. The molecule has 146 valence electrons. The van der Waals surface area contributed by atoms with Gasteiger partial charge in [-0.3, -0.25) is 4.79 Å². The summed E-state index contributed by atoms with van der Waals surface area (Å²) < 4.78 is 0. The molecule has 0 heterocycles. The first-order valence-electron chi connectivity index (χ1n) is 9.35. The molecule has 0 aromatic carbocycles. The topological polar surface area (TPSA) is 94.8 Å². The van der Waals surface area contributed by atoms with E-state index < -0.39 is 11.1 Å². The molecule has 0 radical (unpaired) electrons. The van der Waals surface area contributed by atoms with E-state index in [4.69, 9.17) is 5.11 Å². The summed E-state index contributed by atoms with van der Waals surface area (Å²) in [5.74, 6) is 0.264. The number of rotatable bonds is 14. The zero-order valence-corrected chi connectivity index (χ0v) is 16.7. The van der Waals surface area contributed by atoms with Crippen LogP contribution in [0.4, 0.5) is 0 Å². The number of thioether (sulfide) groups is 2. The van der Waals surface area contributed by atoms with Crippen LogP contribution in [0.15, 0.2) is 0 Å². The molecule has 25 heavy (non-hydrogen) atoms. The molecule has 0 aliphatic heterocycles. The fraction of sp³-hybridized carbons (Fsp3) is 0.889. The summed E-state index contributed by atoms with van der Waals surface area (Å²) >= 11 is 2.27. The van der Waals surface area contributed by atoms with Gasteiger partial charge in [0.25, 0.3) is 0 Å². The number of carboxylic acid groups (broad SMARTS) is 1. The maximum atomic E-state index is 12.1. The Morgan fingerprint density at radius 2 is 1.80 bits per heavy atom. The molecule has 1 rings (SSSR count). The van der Waals surface area contributed by atoms with Crippen molar-refractivity contribution in [3.63, 3.8) is 0 Å². The highest BCUT2D eigenvalue weighted by Gasteiger charge is 2.35. The molecular formula is C18H32O5S2. The normalized spacial score (nSPS) is 21.0. The Hall–Kier alpha value is -0.240. The van der Waals surface area contributed by atoms with Gasteiger partial charge in [0, 0.05) is 6.42 Å². The monoisotopic (exact) mass is 392 g/mol. The standard InChI is InChI=1S/C18H32O5S2/c1-2-3-4-5-6-7-9-14-10-11-15(19)16(14)24-12-8-13-25-18(22,23)17(20)21/h14,16,22-23H,2-13H2,1H3,(H,20,21)/t14-,16+/m0/s1. The minimum atomic E-state index is -2.71. The summed E-state index contributed by atoms with van der Waals surface area (Å²) in [5.41, 5.74) is 0. The van der Waals surface area contributed by atoms with Gasteiger partial charge >= 0.3 is 11.1 Å². The lowest BCUT2D eigenvalue weighted by atomic mass is 9.98. The molecule has 5 nitrogen and oxygen atoms in total.